The summed E-state index contributed by atoms with van der Waals surface area (Å²) >= 11 is 6.17. The molecule has 3 rings (SSSR count). The van der Waals surface area contributed by atoms with E-state index >= 15 is 0 Å². The van der Waals surface area contributed by atoms with Gasteiger partial charge in [-0.05, 0) is 39.0 Å². The smallest absolute Gasteiger partial charge is 0.376 e. The quantitative estimate of drug-likeness (QED) is 0.673. The van der Waals surface area contributed by atoms with Gasteiger partial charge in [0.1, 0.15) is 10.8 Å². The highest BCUT2D eigenvalue weighted by atomic mass is 35.5. The minimum Gasteiger partial charge on any atom is -0.376 e. The van der Waals surface area contributed by atoms with E-state index in [2.05, 4.69) is 15.6 Å². The van der Waals surface area contributed by atoms with Gasteiger partial charge >= 0.3 is 6.18 Å². The maximum atomic E-state index is 12.9. The molecule has 1 N–H and O–H groups in total. The van der Waals surface area contributed by atoms with Gasteiger partial charge in [0.25, 0.3) is 5.56 Å². The molecule has 0 aliphatic rings. The van der Waals surface area contributed by atoms with E-state index in [0.717, 1.165) is 22.4 Å². The number of anilines is 1. The normalized spacial score (nSPS) is 12.8. The third-order valence-corrected chi connectivity index (χ3v) is 4.60. The number of hydrogen-bond donors (Lipinski definition) is 1. The zero-order chi connectivity index (χ0) is 20.6. The fraction of sp³-hybridized carbons (Fsp3) is 0.278. The Kier molecular flexibility index (Phi) is 5.20. The number of aromatic nitrogens is 3. The van der Waals surface area contributed by atoms with Gasteiger partial charge in [-0.25, -0.2) is 0 Å². The maximum absolute atomic E-state index is 12.9. The number of rotatable bonds is 4. The van der Waals surface area contributed by atoms with Crippen LogP contribution in [0, 0.1) is 13.8 Å². The van der Waals surface area contributed by atoms with Crippen LogP contribution in [-0.2, 0) is 6.18 Å². The molecule has 1 aromatic carbocycles. The zero-order valence-electron chi connectivity index (χ0n) is 15.1. The van der Waals surface area contributed by atoms with E-state index in [0.29, 0.717) is 11.5 Å². The lowest BCUT2D eigenvalue weighted by Crippen LogP contribution is -2.23. The number of benzene rings is 1. The summed E-state index contributed by atoms with van der Waals surface area (Å²) < 4.78 is 44.7. The van der Waals surface area contributed by atoms with Gasteiger partial charge in [-0.1, -0.05) is 22.8 Å². The molecule has 0 saturated heterocycles. The van der Waals surface area contributed by atoms with Crippen molar-refractivity contribution >= 4 is 17.3 Å². The highest BCUT2D eigenvalue weighted by Crippen LogP contribution is 2.30. The van der Waals surface area contributed by atoms with Gasteiger partial charge in [0.15, 0.2) is 0 Å². The van der Waals surface area contributed by atoms with E-state index in [1.807, 2.05) is 6.92 Å². The monoisotopic (exact) mass is 412 g/mol. The predicted molar refractivity (Wildman–Crippen MR) is 97.9 cm³/mol. The Hall–Kier alpha value is -2.81. The van der Waals surface area contributed by atoms with Crippen LogP contribution >= 0.6 is 11.6 Å². The third-order valence-electron chi connectivity index (χ3n) is 4.23. The lowest BCUT2D eigenvalue weighted by atomic mass is 10.1. The van der Waals surface area contributed by atoms with Crippen LogP contribution in [-0.4, -0.2) is 14.9 Å². The average molecular weight is 413 g/mol. The summed E-state index contributed by atoms with van der Waals surface area (Å²) in [4.78, 5) is 12.6. The van der Waals surface area contributed by atoms with Gasteiger partial charge in [-0.3, -0.25) is 4.79 Å². The van der Waals surface area contributed by atoms with Crippen LogP contribution in [0.3, 0.4) is 0 Å². The largest absolute Gasteiger partial charge is 0.416 e. The van der Waals surface area contributed by atoms with Gasteiger partial charge in [-0.2, -0.15) is 23.0 Å². The van der Waals surface area contributed by atoms with E-state index in [9.17, 15) is 18.0 Å². The first-order valence-corrected chi connectivity index (χ1v) is 8.62. The minimum atomic E-state index is -4.53. The highest BCUT2D eigenvalue weighted by Gasteiger charge is 2.30. The molecule has 0 fully saturated rings. The fourth-order valence-corrected chi connectivity index (χ4v) is 3.13. The second-order valence-electron chi connectivity index (χ2n) is 6.24. The summed E-state index contributed by atoms with van der Waals surface area (Å²) in [7, 11) is 0. The van der Waals surface area contributed by atoms with Crippen molar-refractivity contribution in [3.63, 3.8) is 0 Å². The second kappa shape index (κ2) is 7.31. The van der Waals surface area contributed by atoms with E-state index < -0.39 is 17.3 Å². The van der Waals surface area contributed by atoms with Crippen molar-refractivity contribution in [1.29, 1.82) is 0 Å². The van der Waals surface area contributed by atoms with Crippen molar-refractivity contribution in [3.05, 3.63) is 68.4 Å². The van der Waals surface area contributed by atoms with E-state index in [-0.39, 0.29) is 22.4 Å². The third kappa shape index (κ3) is 3.75. The molecule has 0 aliphatic heterocycles. The number of nitrogens with one attached hydrogen (secondary N) is 1. The maximum Gasteiger partial charge on any atom is 0.416 e. The first-order chi connectivity index (χ1) is 13.1. The van der Waals surface area contributed by atoms with Crippen LogP contribution in [0.1, 0.15) is 35.5 Å². The molecule has 148 valence electrons. The van der Waals surface area contributed by atoms with Gasteiger partial charge in [-0.15, -0.1) is 0 Å². The summed E-state index contributed by atoms with van der Waals surface area (Å²) in [5, 5.41) is 10.7. The van der Waals surface area contributed by atoms with Crippen LogP contribution in [0.25, 0.3) is 5.69 Å². The molecule has 1 atom stereocenters. The fourth-order valence-electron chi connectivity index (χ4n) is 2.94. The molecule has 0 radical (unpaired) electrons. The van der Waals surface area contributed by atoms with Crippen LogP contribution in [0.2, 0.25) is 5.02 Å². The standard InChI is InChI=1S/C18H16ClF3N4O2/c1-9(15-10(2)25-28-11(15)3)24-14-8-23-26(17(27)16(14)19)13-6-4-5-12(7-13)18(20,21)22/h4-9,24H,1-3H3. The molecule has 0 bridgehead atoms. The van der Waals surface area contributed by atoms with Crippen molar-refractivity contribution < 1.29 is 17.7 Å². The van der Waals surface area contributed by atoms with Crippen molar-refractivity contribution in [1.82, 2.24) is 14.9 Å². The Balaban J connectivity index is 1.95. The molecule has 0 aliphatic carbocycles. The van der Waals surface area contributed by atoms with E-state index in [1.54, 1.807) is 13.8 Å². The summed E-state index contributed by atoms with van der Waals surface area (Å²) in [5.41, 5.74) is 0.104. The summed E-state index contributed by atoms with van der Waals surface area (Å²) in [6.07, 6.45) is -3.24. The number of alkyl halides is 3. The molecule has 2 heterocycles. The Bertz CT molecular complexity index is 1060. The lowest BCUT2D eigenvalue weighted by molar-refractivity contribution is -0.137. The van der Waals surface area contributed by atoms with Crippen LogP contribution < -0.4 is 10.9 Å². The molecular formula is C18H16ClF3N4O2. The van der Waals surface area contributed by atoms with Crippen molar-refractivity contribution in [2.45, 2.75) is 33.0 Å². The van der Waals surface area contributed by atoms with Gasteiger partial charge in [0.05, 0.1) is 34.9 Å². The number of hydrogen-bond acceptors (Lipinski definition) is 5. The first-order valence-electron chi connectivity index (χ1n) is 8.24. The second-order valence-corrected chi connectivity index (χ2v) is 6.62. The van der Waals surface area contributed by atoms with Crippen molar-refractivity contribution in [2.75, 3.05) is 5.32 Å². The molecule has 0 saturated carbocycles. The molecule has 2 aromatic heterocycles. The Labute approximate surface area is 162 Å². The van der Waals surface area contributed by atoms with E-state index in [1.165, 1.54) is 18.3 Å². The SMILES string of the molecule is Cc1noc(C)c1C(C)Nc1cnn(-c2cccc(C(F)(F)F)c2)c(=O)c1Cl. The van der Waals surface area contributed by atoms with Crippen molar-refractivity contribution in [3.8, 4) is 5.69 Å². The molecular weight excluding hydrogens is 397 g/mol. The predicted octanol–water partition coefficient (Wildman–Crippen LogP) is 4.68. The molecule has 10 heteroatoms. The number of nitrogens with zero attached hydrogens (tertiary/aromatic N) is 3. The number of halogens is 4. The van der Waals surface area contributed by atoms with Crippen LogP contribution in [0.15, 0.2) is 39.8 Å². The van der Waals surface area contributed by atoms with Gasteiger partial charge in [0, 0.05) is 5.56 Å². The van der Waals surface area contributed by atoms with Crippen LogP contribution in [0.5, 0.6) is 0 Å². The molecule has 28 heavy (non-hydrogen) atoms. The number of aryl methyl sites for hydroxylation is 2. The minimum absolute atomic E-state index is 0.0351. The van der Waals surface area contributed by atoms with Crippen LogP contribution in [0.4, 0.5) is 18.9 Å². The molecule has 6 nitrogen and oxygen atoms in total. The van der Waals surface area contributed by atoms with E-state index in [4.69, 9.17) is 16.1 Å². The van der Waals surface area contributed by atoms with Gasteiger partial charge in [0.2, 0.25) is 0 Å². The molecule has 3 aromatic rings. The molecule has 0 amide bonds. The average Bonchev–Trinajstić information content (AvgIpc) is 2.97. The van der Waals surface area contributed by atoms with Gasteiger partial charge < -0.3 is 9.84 Å². The Morgan fingerprint density at radius 3 is 2.61 bits per heavy atom. The highest BCUT2D eigenvalue weighted by molar-refractivity contribution is 6.33. The summed E-state index contributed by atoms with van der Waals surface area (Å²) in [6.45, 7) is 5.38. The Morgan fingerprint density at radius 1 is 1.29 bits per heavy atom. The summed E-state index contributed by atoms with van der Waals surface area (Å²) in [6, 6.07) is 4.02. The van der Waals surface area contributed by atoms with Crippen molar-refractivity contribution in [2.24, 2.45) is 0 Å². The Morgan fingerprint density at radius 2 is 2.00 bits per heavy atom. The zero-order valence-corrected chi connectivity index (χ0v) is 15.9. The molecule has 0 spiro atoms. The first kappa shape index (κ1) is 19.9. The lowest BCUT2D eigenvalue weighted by Gasteiger charge is -2.16. The topological polar surface area (TPSA) is 73.0 Å². The molecule has 1 unspecified atom stereocenters. The summed E-state index contributed by atoms with van der Waals surface area (Å²) in [5.74, 6) is 0.624.